The molecule has 4 aromatic rings. The highest BCUT2D eigenvalue weighted by molar-refractivity contribution is 6.43. The Kier molecular flexibility index (Phi) is 11.5. The van der Waals surface area contributed by atoms with Gasteiger partial charge in [0.05, 0.1) is 27.7 Å². The number of primary amides is 1. The SMILES string of the molecule is C1NC2CC1C2.Cc1nc2c(F)c(-c3cccc(Cl)c3Cl)c(CCC#N)cc2c2[nH]c(C3CCCN3C(=O)C3CC3)cc12.NC(=O)/C=C\NC(F)(F)F. The van der Waals surface area contributed by atoms with Crippen molar-refractivity contribution in [2.45, 2.75) is 76.7 Å². The number of hydrogen-bond donors (Lipinski definition) is 4. The highest BCUT2D eigenvalue weighted by atomic mass is 35.5. The van der Waals surface area contributed by atoms with Crippen molar-refractivity contribution in [2.24, 2.45) is 17.6 Å². The molecule has 9 nitrogen and oxygen atoms in total. The highest BCUT2D eigenvalue weighted by Crippen LogP contribution is 2.43. The molecule has 2 aromatic heterocycles. The minimum Gasteiger partial charge on any atom is -0.366 e. The number of likely N-dealkylation sites (tertiary alicyclic amines) is 1. The van der Waals surface area contributed by atoms with Crippen LogP contribution < -0.4 is 16.4 Å². The van der Waals surface area contributed by atoms with Crippen LogP contribution in [0.25, 0.3) is 32.9 Å². The Hall–Kier alpha value is -4.38. The normalized spacial score (nSPS) is 20.4. The Labute approximate surface area is 313 Å². The number of benzene rings is 2. The zero-order chi connectivity index (χ0) is 38.0. The number of aromatic amines is 1. The third kappa shape index (κ3) is 8.72. The number of nitriles is 1. The number of carbonyl (C=O) groups is 2. The summed E-state index contributed by atoms with van der Waals surface area (Å²) in [5, 5.41) is 15.8. The van der Waals surface area contributed by atoms with Gasteiger partial charge in [0.2, 0.25) is 11.8 Å². The molecule has 5 fully saturated rings. The van der Waals surface area contributed by atoms with Gasteiger partial charge in [-0.2, -0.15) is 18.4 Å². The van der Waals surface area contributed by atoms with Gasteiger partial charge in [-0.3, -0.25) is 9.59 Å². The van der Waals surface area contributed by atoms with Crippen molar-refractivity contribution >= 4 is 56.8 Å². The average molecular weight is 773 g/mol. The van der Waals surface area contributed by atoms with E-state index in [1.807, 2.05) is 17.9 Å². The van der Waals surface area contributed by atoms with Crippen molar-refractivity contribution in [3.63, 3.8) is 0 Å². The Morgan fingerprint density at radius 2 is 1.92 bits per heavy atom. The van der Waals surface area contributed by atoms with Crippen LogP contribution in [0.1, 0.15) is 67.9 Å². The molecule has 2 bridgehead atoms. The first-order chi connectivity index (χ1) is 25.3. The summed E-state index contributed by atoms with van der Waals surface area (Å²) in [5.74, 6) is 0.0744. The summed E-state index contributed by atoms with van der Waals surface area (Å²) in [4.78, 5) is 32.9. The van der Waals surface area contributed by atoms with E-state index in [-0.39, 0.29) is 34.8 Å². The molecule has 5 heterocycles. The minimum absolute atomic E-state index is 0.0117. The number of nitrogens with zero attached hydrogens (tertiary/aromatic N) is 3. The van der Waals surface area contributed by atoms with Crippen molar-refractivity contribution in [1.82, 2.24) is 25.5 Å². The minimum atomic E-state index is -4.51. The number of pyridine rings is 1. The summed E-state index contributed by atoms with van der Waals surface area (Å²) >= 11 is 12.8. The molecule has 5 N–H and O–H groups in total. The van der Waals surface area contributed by atoms with Crippen molar-refractivity contribution in [1.29, 1.82) is 5.26 Å². The van der Waals surface area contributed by atoms with E-state index in [0.29, 0.717) is 51.5 Å². The number of H-pyrrole nitrogens is 1. The van der Waals surface area contributed by atoms with Crippen LogP contribution in [0.4, 0.5) is 17.6 Å². The number of fused-ring (bicyclic) bond motifs is 4. The average Bonchev–Trinajstić information content (AvgIpc) is 3.49. The lowest BCUT2D eigenvalue weighted by molar-refractivity contribution is -0.146. The fourth-order valence-corrected chi connectivity index (χ4v) is 7.68. The van der Waals surface area contributed by atoms with E-state index in [4.69, 9.17) is 23.2 Å². The van der Waals surface area contributed by atoms with Gasteiger partial charge in [0.15, 0.2) is 5.82 Å². The number of aromatic nitrogens is 2. The first kappa shape index (κ1) is 38.3. The van der Waals surface area contributed by atoms with Crippen molar-refractivity contribution in [3.8, 4) is 17.2 Å². The van der Waals surface area contributed by atoms with E-state index in [0.717, 1.165) is 66.1 Å². The maximum absolute atomic E-state index is 16.3. The topological polar surface area (TPSA) is 140 Å². The fourth-order valence-electron chi connectivity index (χ4n) is 7.29. The summed E-state index contributed by atoms with van der Waals surface area (Å²) < 4.78 is 49.9. The van der Waals surface area contributed by atoms with Gasteiger partial charge in [0, 0.05) is 70.5 Å². The van der Waals surface area contributed by atoms with Gasteiger partial charge < -0.3 is 26.3 Å². The zero-order valence-corrected chi connectivity index (χ0v) is 30.4. The number of aryl methyl sites for hydroxylation is 2. The molecule has 0 spiro atoms. The highest BCUT2D eigenvalue weighted by Gasteiger charge is 2.39. The lowest BCUT2D eigenvalue weighted by atomic mass is 9.87. The van der Waals surface area contributed by atoms with Gasteiger partial charge >= 0.3 is 6.30 Å². The molecule has 3 saturated heterocycles. The van der Waals surface area contributed by atoms with E-state index < -0.39 is 18.0 Å². The predicted octanol–water partition coefficient (Wildman–Crippen LogP) is 8.13. The summed E-state index contributed by atoms with van der Waals surface area (Å²) in [6, 6.07) is 12.2. The quantitative estimate of drug-likeness (QED) is 0.0850. The van der Waals surface area contributed by atoms with Crippen LogP contribution in [-0.4, -0.2) is 52.1 Å². The number of carbonyl (C=O) groups excluding carboxylic acids is 2. The zero-order valence-electron chi connectivity index (χ0n) is 28.9. The monoisotopic (exact) mass is 771 g/mol. The van der Waals surface area contributed by atoms with Crippen LogP contribution in [0.2, 0.25) is 10.0 Å². The molecule has 3 aliphatic heterocycles. The Balaban J connectivity index is 0.000000247. The Morgan fingerprint density at radius 1 is 1.17 bits per heavy atom. The molecule has 53 heavy (non-hydrogen) atoms. The molecule has 2 aliphatic carbocycles. The number of halogens is 6. The predicted molar refractivity (Wildman–Crippen MR) is 196 cm³/mol. The molecular weight excluding hydrogens is 733 g/mol. The summed E-state index contributed by atoms with van der Waals surface area (Å²) in [7, 11) is 0. The van der Waals surface area contributed by atoms with Crippen molar-refractivity contribution in [3.05, 3.63) is 75.4 Å². The molecule has 2 saturated carbocycles. The Morgan fingerprint density at radius 3 is 2.53 bits per heavy atom. The summed E-state index contributed by atoms with van der Waals surface area (Å²) in [6.07, 6.45) is 3.85. The van der Waals surface area contributed by atoms with Gasteiger partial charge in [-0.1, -0.05) is 35.3 Å². The number of rotatable bonds is 7. The number of alkyl halides is 3. The summed E-state index contributed by atoms with van der Waals surface area (Å²) in [5.41, 5.74) is 8.66. The lowest BCUT2D eigenvalue weighted by Gasteiger charge is -2.24. The van der Waals surface area contributed by atoms with Crippen LogP contribution in [-0.2, 0) is 16.0 Å². The maximum Gasteiger partial charge on any atom is 0.481 e. The van der Waals surface area contributed by atoms with Crippen LogP contribution in [0, 0.1) is 35.9 Å². The van der Waals surface area contributed by atoms with E-state index in [1.54, 1.807) is 18.2 Å². The largest absolute Gasteiger partial charge is 0.481 e. The second kappa shape index (κ2) is 15.9. The lowest BCUT2D eigenvalue weighted by Crippen LogP contribution is -2.31. The van der Waals surface area contributed by atoms with Crippen LogP contribution in [0.5, 0.6) is 0 Å². The first-order valence-corrected chi connectivity index (χ1v) is 18.3. The molecule has 2 amide bonds. The molecule has 280 valence electrons. The second-order valence-corrected chi connectivity index (χ2v) is 14.7. The molecular formula is C38H39Cl2F4N7O2. The van der Waals surface area contributed by atoms with E-state index in [2.05, 4.69) is 33.2 Å². The van der Waals surface area contributed by atoms with Crippen molar-refractivity contribution in [2.75, 3.05) is 13.1 Å². The van der Waals surface area contributed by atoms with Crippen LogP contribution >= 0.6 is 23.2 Å². The molecule has 1 unspecified atom stereocenters. The molecule has 5 aliphatic rings. The second-order valence-electron chi connectivity index (χ2n) is 13.9. The summed E-state index contributed by atoms with van der Waals surface area (Å²) in [6.45, 7) is 3.95. The smallest absolute Gasteiger partial charge is 0.366 e. The van der Waals surface area contributed by atoms with E-state index in [9.17, 15) is 28.0 Å². The van der Waals surface area contributed by atoms with Gasteiger partial charge in [0.1, 0.15) is 5.52 Å². The number of amides is 2. The first-order valence-electron chi connectivity index (χ1n) is 17.6. The van der Waals surface area contributed by atoms with Crippen molar-refractivity contribution < 1.29 is 27.2 Å². The third-order valence-electron chi connectivity index (χ3n) is 10.1. The van der Waals surface area contributed by atoms with Gasteiger partial charge in [-0.15, -0.1) is 0 Å². The molecule has 2 aromatic carbocycles. The van der Waals surface area contributed by atoms with Crippen LogP contribution in [0.3, 0.4) is 0 Å². The van der Waals surface area contributed by atoms with Gasteiger partial charge in [-0.25, -0.2) is 9.37 Å². The number of nitrogens with two attached hydrogens (primary N) is 1. The molecule has 15 heteroatoms. The molecule has 9 rings (SSSR count). The van der Waals surface area contributed by atoms with Gasteiger partial charge in [-0.05, 0) is 88.1 Å². The molecule has 1 atom stereocenters. The molecule has 0 radical (unpaired) electrons. The third-order valence-corrected chi connectivity index (χ3v) is 10.9. The number of nitrogens with one attached hydrogen (secondary N) is 3. The maximum atomic E-state index is 16.3. The van der Waals surface area contributed by atoms with E-state index >= 15 is 4.39 Å². The van der Waals surface area contributed by atoms with Crippen LogP contribution in [0.15, 0.2) is 42.6 Å². The fraction of sp³-hybridized carbons (Fsp3) is 0.421. The van der Waals surface area contributed by atoms with E-state index in [1.165, 1.54) is 19.4 Å². The van der Waals surface area contributed by atoms with Gasteiger partial charge in [0.25, 0.3) is 0 Å². The Bertz CT molecular complexity index is 2090. The standard InChI is InChI=1S/C29H25Cl2FN4O.C5H9N.C4H5F3N2O/c1-15-19-14-22(23-8-4-12-36(23)29(37)16-9-10-16)35-27(19)20-13-17(5-3-11-33)24(26(32)28(20)34-15)18-6-2-7-21(30)25(18)31;1-4-2-5(1)6-3-4;5-4(6,7)9-2-1-3(8)10/h2,6-7,13-14,16,23,35H,3-5,8-10,12H2,1H3;4-6H,1-3H2;1-2,9H,(H2,8,10)/b;;2-1-. The number of hydrogen-bond acceptors (Lipinski definition) is 6.